The van der Waals surface area contributed by atoms with E-state index in [2.05, 4.69) is 19.7 Å². The Kier molecular flexibility index (Phi) is 2.50. The molecule has 3 rings (SSSR count). The van der Waals surface area contributed by atoms with Gasteiger partial charge in [-0.25, -0.2) is 4.85 Å². The Morgan fingerprint density at radius 1 is 1.26 bits per heavy atom. The highest BCUT2D eigenvalue weighted by atomic mass is 16.2. The van der Waals surface area contributed by atoms with Crippen LogP contribution in [0.1, 0.15) is 11.1 Å². The van der Waals surface area contributed by atoms with Gasteiger partial charge in [0.2, 0.25) is 0 Å². The lowest BCUT2D eigenvalue weighted by Crippen LogP contribution is -2.31. The fourth-order valence-corrected chi connectivity index (χ4v) is 2.56. The van der Waals surface area contributed by atoms with Crippen molar-refractivity contribution in [1.29, 1.82) is 0 Å². The highest BCUT2D eigenvalue weighted by Gasteiger charge is 2.20. The highest BCUT2D eigenvalue weighted by molar-refractivity contribution is 5.85. The van der Waals surface area contributed by atoms with Crippen molar-refractivity contribution in [3.8, 4) is 0 Å². The molecule has 0 unspecified atom stereocenters. The zero-order chi connectivity index (χ0) is 13.6. The normalized spacial score (nSPS) is 15.2. The lowest BCUT2D eigenvalue weighted by Gasteiger charge is -2.26. The van der Waals surface area contributed by atoms with E-state index in [1.807, 2.05) is 7.05 Å². The molecule has 6 nitrogen and oxygen atoms in total. The van der Waals surface area contributed by atoms with Crippen LogP contribution >= 0.6 is 0 Å². The van der Waals surface area contributed by atoms with Crippen LogP contribution in [0.2, 0.25) is 0 Å². The minimum atomic E-state index is -0.687. The van der Waals surface area contributed by atoms with E-state index in [1.54, 1.807) is 6.07 Å². The highest BCUT2D eigenvalue weighted by Crippen LogP contribution is 2.32. The van der Waals surface area contributed by atoms with Crippen molar-refractivity contribution in [2.75, 3.05) is 13.6 Å². The number of fused-ring (bicyclic) bond motifs is 3. The molecule has 0 aliphatic carbocycles. The molecule has 0 spiro atoms. The van der Waals surface area contributed by atoms with Gasteiger partial charge in [0.05, 0.1) is 17.6 Å². The average molecular weight is 256 g/mol. The lowest BCUT2D eigenvalue weighted by atomic mass is 9.96. The molecular formula is C13H12N4O2. The molecule has 2 aromatic rings. The molecule has 1 aromatic carbocycles. The van der Waals surface area contributed by atoms with E-state index in [0.29, 0.717) is 23.3 Å². The van der Waals surface area contributed by atoms with E-state index in [1.165, 1.54) is 0 Å². The van der Waals surface area contributed by atoms with Crippen LogP contribution in [0.15, 0.2) is 15.7 Å². The molecule has 6 heteroatoms. The smallest absolute Gasteiger partial charge is 0.314 e. The fraction of sp³-hybridized carbons (Fsp3) is 0.308. The number of aromatic nitrogens is 2. The first-order valence-electron chi connectivity index (χ1n) is 5.97. The monoisotopic (exact) mass is 256 g/mol. The third kappa shape index (κ3) is 1.75. The van der Waals surface area contributed by atoms with Gasteiger partial charge in [0.25, 0.3) is 0 Å². The standard InChI is InChI=1S/C13H12N4O2/c1-14-9-5-10-11(16-13(19)12(18)15-10)8-6-17(2)4-3-7(8)9/h5H,3-4,6H2,2H3,(H,15,18)(H,16,19). The molecule has 2 heterocycles. The molecule has 96 valence electrons. The van der Waals surface area contributed by atoms with Gasteiger partial charge in [-0.15, -0.1) is 0 Å². The van der Waals surface area contributed by atoms with E-state index in [4.69, 9.17) is 6.57 Å². The van der Waals surface area contributed by atoms with Crippen molar-refractivity contribution in [3.05, 3.63) is 49.3 Å². The molecule has 0 bridgehead atoms. The van der Waals surface area contributed by atoms with Gasteiger partial charge < -0.3 is 14.9 Å². The van der Waals surface area contributed by atoms with Crippen molar-refractivity contribution in [1.82, 2.24) is 14.9 Å². The second kappa shape index (κ2) is 4.07. The molecule has 1 aromatic heterocycles. The van der Waals surface area contributed by atoms with Crippen molar-refractivity contribution < 1.29 is 0 Å². The van der Waals surface area contributed by atoms with Crippen LogP contribution in [0.4, 0.5) is 5.69 Å². The third-order valence-electron chi connectivity index (χ3n) is 3.51. The first-order chi connectivity index (χ1) is 9.10. The van der Waals surface area contributed by atoms with Gasteiger partial charge in [0, 0.05) is 13.1 Å². The van der Waals surface area contributed by atoms with Gasteiger partial charge in [-0.05, 0) is 30.7 Å². The summed E-state index contributed by atoms with van der Waals surface area (Å²) < 4.78 is 0. The molecular weight excluding hydrogens is 244 g/mol. The van der Waals surface area contributed by atoms with Gasteiger partial charge in [-0.1, -0.05) is 0 Å². The summed E-state index contributed by atoms with van der Waals surface area (Å²) in [5.74, 6) is 0. The first kappa shape index (κ1) is 11.7. The molecule has 0 radical (unpaired) electrons. The van der Waals surface area contributed by atoms with Crippen molar-refractivity contribution in [2.24, 2.45) is 0 Å². The average Bonchev–Trinajstić information content (AvgIpc) is 2.39. The van der Waals surface area contributed by atoms with Gasteiger partial charge in [-0.2, -0.15) is 0 Å². The number of hydrogen-bond donors (Lipinski definition) is 2. The molecule has 0 atom stereocenters. The zero-order valence-corrected chi connectivity index (χ0v) is 10.4. The van der Waals surface area contributed by atoms with Gasteiger partial charge in [0.1, 0.15) is 0 Å². The Labute approximate surface area is 108 Å². The van der Waals surface area contributed by atoms with E-state index < -0.39 is 11.1 Å². The van der Waals surface area contributed by atoms with Crippen LogP contribution in [-0.4, -0.2) is 28.5 Å². The molecule has 19 heavy (non-hydrogen) atoms. The van der Waals surface area contributed by atoms with E-state index >= 15 is 0 Å². The lowest BCUT2D eigenvalue weighted by molar-refractivity contribution is 0.314. The van der Waals surface area contributed by atoms with E-state index in [9.17, 15) is 9.59 Å². The third-order valence-corrected chi connectivity index (χ3v) is 3.51. The van der Waals surface area contributed by atoms with Gasteiger partial charge in [0.15, 0.2) is 5.69 Å². The second-order valence-corrected chi connectivity index (χ2v) is 4.78. The molecule has 0 amide bonds. The Morgan fingerprint density at radius 3 is 2.74 bits per heavy atom. The molecule has 2 N–H and O–H groups in total. The molecule has 0 saturated heterocycles. The minimum absolute atomic E-state index is 0.518. The number of hydrogen-bond acceptors (Lipinski definition) is 3. The topological polar surface area (TPSA) is 73.3 Å². The van der Waals surface area contributed by atoms with E-state index in [0.717, 1.165) is 24.1 Å². The van der Waals surface area contributed by atoms with Crippen molar-refractivity contribution in [3.63, 3.8) is 0 Å². The summed E-state index contributed by atoms with van der Waals surface area (Å²) in [4.78, 5) is 33.7. The second-order valence-electron chi connectivity index (χ2n) is 4.78. The number of nitrogens with zero attached hydrogens (tertiary/aromatic N) is 2. The maximum Gasteiger partial charge on any atom is 0.314 e. The molecule has 1 aliphatic heterocycles. The van der Waals surface area contributed by atoms with Crippen LogP contribution in [-0.2, 0) is 13.0 Å². The minimum Gasteiger partial charge on any atom is -0.317 e. The Hall–Kier alpha value is -2.39. The fourth-order valence-electron chi connectivity index (χ4n) is 2.56. The summed E-state index contributed by atoms with van der Waals surface area (Å²) in [6.07, 6.45) is 0.778. The van der Waals surface area contributed by atoms with Crippen LogP contribution in [0.5, 0.6) is 0 Å². The summed E-state index contributed by atoms with van der Waals surface area (Å²) in [5, 5.41) is 0. The number of likely N-dealkylation sites (N-methyl/N-ethyl adjacent to an activating group) is 1. The van der Waals surface area contributed by atoms with Gasteiger partial charge in [-0.3, -0.25) is 9.59 Å². The number of H-pyrrole nitrogens is 2. The number of rotatable bonds is 0. The van der Waals surface area contributed by atoms with Crippen molar-refractivity contribution in [2.45, 2.75) is 13.0 Å². The molecule has 0 fully saturated rings. The van der Waals surface area contributed by atoms with Crippen LogP contribution < -0.4 is 11.1 Å². The molecule has 1 aliphatic rings. The van der Waals surface area contributed by atoms with Crippen LogP contribution in [0, 0.1) is 6.57 Å². The summed E-state index contributed by atoms with van der Waals surface area (Å²) in [6.45, 7) is 8.80. The molecule has 0 saturated carbocycles. The SMILES string of the molecule is [C-]#[N+]c1cc2[nH]c(=O)c(=O)[nH]c2c2c1CCN(C)C2. The van der Waals surface area contributed by atoms with Gasteiger partial charge >= 0.3 is 11.1 Å². The maximum absolute atomic E-state index is 11.5. The van der Waals surface area contributed by atoms with Crippen LogP contribution in [0.3, 0.4) is 0 Å². The maximum atomic E-state index is 11.5. The quantitative estimate of drug-likeness (QED) is 0.539. The summed E-state index contributed by atoms with van der Waals surface area (Å²) in [6, 6.07) is 1.64. The number of aromatic amines is 2. The van der Waals surface area contributed by atoms with Crippen LogP contribution in [0.25, 0.3) is 15.9 Å². The predicted molar refractivity (Wildman–Crippen MR) is 71.5 cm³/mol. The predicted octanol–water partition coefficient (Wildman–Crippen LogP) is 0.755. The Morgan fingerprint density at radius 2 is 2.00 bits per heavy atom. The van der Waals surface area contributed by atoms with Crippen molar-refractivity contribution >= 4 is 16.7 Å². The first-order valence-corrected chi connectivity index (χ1v) is 5.97. The van der Waals surface area contributed by atoms with E-state index in [-0.39, 0.29) is 0 Å². The number of benzene rings is 1. The summed E-state index contributed by atoms with van der Waals surface area (Å²) in [5.41, 5.74) is 2.28. The zero-order valence-electron chi connectivity index (χ0n) is 10.4. The Bertz CT molecular complexity index is 825. The Balaban J connectivity index is 2.45. The summed E-state index contributed by atoms with van der Waals surface area (Å²) >= 11 is 0. The number of nitrogens with one attached hydrogen (secondary N) is 2. The summed E-state index contributed by atoms with van der Waals surface area (Å²) in [7, 11) is 1.99. The largest absolute Gasteiger partial charge is 0.317 e.